The first-order valence-electron chi connectivity index (χ1n) is 11.9. The zero-order chi connectivity index (χ0) is 26.7. The van der Waals surface area contributed by atoms with Crippen molar-refractivity contribution in [2.75, 3.05) is 25.0 Å². The van der Waals surface area contributed by atoms with Gasteiger partial charge in [-0.25, -0.2) is 14.6 Å². The molecule has 2 aromatic carbocycles. The van der Waals surface area contributed by atoms with Crippen LogP contribution in [0, 0.1) is 0 Å². The number of ether oxygens (including phenoxy) is 3. The molecule has 1 heterocycles. The lowest BCUT2D eigenvalue weighted by Gasteiger charge is -2.22. The fourth-order valence-electron chi connectivity index (χ4n) is 3.24. The van der Waals surface area contributed by atoms with Crippen molar-refractivity contribution >= 4 is 34.7 Å². The number of carbonyl (C=O) groups is 3. The van der Waals surface area contributed by atoms with E-state index in [4.69, 9.17) is 14.2 Å². The Kier molecular flexibility index (Phi) is 9.79. The third-order valence-corrected chi connectivity index (χ3v) is 4.94. The summed E-state index contributed by atoms with van der Waals surface area (Å²) in [5, 5.41) is 10.0. The van der Waals surface area contributed by atoms with Crippen LogP contribution in [0.15, 0.2) is 66.9 Å². The van der Waals surface area contributed by atoms with E-state index in [2.05, 4.69) is 20.9 Å². The molecule has 0 saturated heterocycles. The third-order valence-electron chi connectivity index (χ3n) is 4.94. The normalized spacial score (nSPS) is 11.9. The van der Waals surface area contributed by atoms with Gasteiger partial charge in [-0.15, -0.1) is 0 Å². The monoisotopic (exact) mass is 508 g/mol. The maximum atomic E-state index is 12.4. The molecule has 0 saturated carbocycles. The van der Waals surface area contributed by atoms with Gasteiger partial charge in [-0.05, 0) is 37.8 Å². The predicted molar refractivity (Wildman–Crippen MR) is 139 cm³/mol. The second-order valence-corrected chi connectivity index (χ2v) is 9.25. The van der Waals surface area contributed by atoms with Crippen molar-refractivity contribution < 1.29 is 28.6 Å². The molecule has 196 valence electrons. The van der Waals surface area contributed by atoms with E-state index in [1.807, 2.05) is 54.6 Å². The molecular weight excluding hydrogens is 476 g/mol. The first-order chi connectivity index (χ1) is 17.7. The van der Waals surface area contributed by atoms with Crippen LogP contribution in [0.5, 0.6) is 0 Å². The number of amides is 2. The standard InChI is InChI=1S/C27H32N4O6/c1-27(2,3)37-24(32)16-28-22(15-30-25(33)35-17-19-9-5-4-6-10-19)18-36-26(34)31-23-13-20-11-7-8-12-21(20)14-29-23/h4-14,22,28H,15-18H2,1-3H3,(H,30,33)(H,29,31,34)/t22-/m0/s1. The molecule has 3 N–H and O–H groups in total. The highest BCUT2D eigenvalue weighted by molar-refractivity contribution is 5.89. The highest BCUT2D eigenvalue weighted by Gasteiger charge is 2.19. The first-order valence-corrected chi connectivity index (χ1v) is 11.9. The molecule has 0 aliphatic heterocycles. The van der Waals surface area contributed by atoms with Gasteiger partial charge in [-0.1, -0.05) is 54.6 Å². The fourth-order valence-corrected chi connectivity index (χ4v) is 3.24. The topological polar surface area (TPSA) is 128 Å². The van der Waals surface area contributed by atoms with Crippen molar-refractivity contribution in [2.24, 2.45) is 0 Å². The summed E-state index contributed by atoms with van der Waals surface area (Å²) in [5.41, 5.74) is 0.205. The van der Waals surface area contributed by atoms with Gasteiger partial charge in [0.1, 0.15) is 24.6 Å². The van der Waals surface area contributed by atoms with E-state index in [0.717, 1.165) is 16.3 Å². The Morgan fingerprint density at radius 3 is 2.35 bits per heavy atom. The summed E-state index contributed by atoms with van der Waals surface area (Å²) in [6.07, 6.45) is 0.289. The minimum absolute atomic E-state index is 0.0396. The lowest BCUT2D eigenvalue weighted by atomic mass is 10.2. The highest BCUT2D eigenvalue weighted by Crippen LogP contribution is 2.16. The van der Waals surface area contributed by atoms with Gasteiger partial charge in [-0.3, -0.25) is 15.4 Å². The quantitative estimate of drug-likeness (QED) is 0.277. The number of alkyl carbamates (subject to hydrolysis) is 1. The molecule has 1 atom stereocenters. The summed E-state index contributed by atoms with van der Waals surface area (Å²) in [6.45, 7) is 5.17. The largest absolute Gasteiger partial charge is 0.459 e. The van der Waals surface area contributed by atoms with Crippen LogP contribution in [0.2, 0.25) is 0 Å². The van der Waals surface area contributed by atoms with Crippen molar-refractivity contribution in [1.29, 1.82) is 0 Å². The van der Waals surface area contributed by atoms with Crippen molar-refractivity contribution in [3.8, 4) is 0 Å². The maximum absolute atomic E-state index is 12.4. The minimum Gasteiger partial charge on any atom is -0.459 e. The number of hydrogen-bond donors (Lipinski definition) is 3. The molecule has 3 aromatic rings. The molecule has 0 aliphatic rings. The number of aromatic nitrogens is 1. The number of esters is 1. The van der Waals surface area contributed by atoms with E-state index >= 15 is 0 Å². The summed E-state index contributed by atoms with van der Waals surface area (Å²) < 4.78 is 15.8. The minimum atomic E-state index is -0.724. The van der Waals surface area contributed by atoms with Gasteiger partial charge in [0.05, 0.1) is 12.6 Å². The van der Waals surface area contributed by atoms with Crippen LogP contribution >= 0.6 is 0 Å². The van der Waals surface area contributed by atoms with Crippen LogP contribution in [-0.2, 0) is 25.6 Å². The molecule has 10 heteroatoms. The molecule has 0 fully saturated rings. The lowest BCUT2D eigenvalue weighted by molar-refractivity contribution is -0.153. The number of carbonyl (C=O) groups excluding carboxylic acids is 3. The Bertz CT molecular complexity index is 1200. The molecule has 0 aliphatic carbocycles. The lowest BCUT2D eigenvalue weighted by Crippen LogP contribution is -2.47. The van der Waals surface area contributed by atoms with E-state index in [-0.39, 0.29) is 26.3 Å². The van der Waals surface area contributed by atoms with E-state index in [1.165, 1.54) is 0 Å². The summed E-state index contributed by atoms with van der Waals surface area (Å²) >= 11 is 0. The smallest absolute Gasteiger partial charge is 0.412 e. The van der Waals surface area contributed by atoms with Gasteiger partial charge in [0, 0.05) is 18.1 Å². The molecule has 3 rings (SSSR count). The predicted octanol–water partition coefficient (Wildman–Crippen LogP) is 4.01. The average molecular weight is 509 g/mol. The molecule has 0 unspecified atom stereocenters. The molecule has 37 heavy (non-hydrogen) atoms. The molecule has 0 radical (unpaired) electrons. The van der Waals surface area contributed by atoms with Crippen LogP contribution in [0.25, 0.3) is 10.8 Å². The average Bonchev–Trinajstić information content (AvgIpc) is 2.86. The number of hydrogen-bond acceptors (Lipinski definition) is 8. The van der Waals surface area contributed by atoms with E-state index < -0.39 is 29.8 Å². The van der Waals surface area contributed by atoms with Gasteiger partial charge < -0.3 is 19.5 Å². The zero-order valence-electron chi connectivity index (χ0n) is 21.2. The van der Waals surface area contributed by atoms with Gasteiger partial charge in [0.25, 0.3) is 0 Å². The number of fused-ring (bicyclic) bond motifs is 1. The summed E-state index contributed by atoms with van der Waals surface area (Å²) in [6, 6.07) is 18.0. The molecule has 10 nitrogen and oxygen atoms in total. The second kappa shape index (κ2) is 13.2. The van der Waals surface area contributed by atoms with Crippen LogP contribution in [0.3, 0.4) is 0 Å². The SMILES string of the molecule is CC(C)(C)OC(=O)CN[C@@H](CNC(=O)OCc1ccccc1)COC(=O)Nc1cc2ccccc2cn1. The number of rotatable bonds is 10. The van der Waals surface area contributed by atoms with Crippen LogP contribution in [0.4, 0.5) is 15.4 Å². The molecule has 1 aromatic heterocycles. The fraction of sp³-hybridized carbons (Fsp3) is 0.333. The van der Waals surface area contributed by atoms with E-state index in [9.17, 15) is 14.4 Å². The van der Waals surface area contributed by atoms with E-state index in [1.54, 1.807) is 33.0 Å². The van der Waals surface area contributed by atoms with E-state index in [0.29, 0.717) is 5.82 Å². The van der Waals surface area contributed by atoms with Crippen LogP contribution in [-0.4, -0.2) is 54.5 Å². The number of anilines is 1. The Labute approximate surface area is 215 Å². The van der Waals surface area contributed by atoms with Crippen LogP contribution < -0.4 is 16.0 Å². The Hall–Kier alpha value is -4.18. The first kappa shape index (κ1) is 27.4. The van der Waals surface area contributed by atoms with Crippen molar-refractivity contribution in [3.05, 3.63) is 72.4 Å². The number of benzene rings is 2. The Balaban J connectivity index is 1.51. The molecule has 2 amide bonds. The van der Waals surface area contributed by atoms with Gasteiger partial charge in [0.15, 0.2) is 0 Å². The van der Waals surface area contributed by atoms with Crippen molar-refractivity contribution in [1.82, 2.24) is 15.6 Å². The molecule has 0 bridgehead atoms. The van der Waals surface area contributed by atoms with Crippen LogP contribution in [0.1, 0.15) is 26.3 Å². The van der Waals surface area contributed by atoms with Gasteiger partial charge >= 0.3 is 18.2 Å². The summed E-state index contributed by atoms with van der Waals surface area (Å²) in [7, 11) is 0. The van der Waals surface area contributed by atoms with Crippen molar-refractivity contribution in [3.63, 3.8) is 0 Å². The Morgan fingerprint density at radius 1 is 0.919 bits per heavy atom. The number of nitrogens with one attached hydrogen (secondary N) is 3. The molecular formula is C27H32N4O6. The molecule has 0 spiro atoms. The number of pyridine rings is 1. The third kappa shape index (κ3) is 10.1. The summed E-state index contributed by atoms with van der Waals surface area (Å²) in [4.78, 5) is 40.9. The second-order valence-electron chi connectivity index (χ2n) is 9.25. The van der Waals surface area contributed by atoms with Gasteiger partial charge in [-0.2, -0.15) is 0 Å². The Morgan fingerprint density at radius 2 is 1.62 bits per heavy atom. The van der Waals surface area contributed by atoms with Gasteiger partial charge in [0.2, 0.25) is 0 Å². The number of nitrogens with zero attached hydrogens (tertiary/aromatic N) is 1. The maximum Gasteiger partial charge on any atom is 0.412 e. The highest BCUT2D eigenvalue weighted by atomic mass is 16.6. The van der Waals surface area contributed by atoms with Crippen molar-refractivity contribution in [2.45, 2.75) is 39.0 Å². The zero-order valence-corrected chi connectivity index (χ0v) is 21.2. The summed E-state index contributed by atoms with van der Waals surface area (Å²) in [5.74, 6) is -0.140.